The molecule has 1 unspecified atom stereocenters. The third-order valence-corrected chi connectivity index (χ3v) is 3.27. The predicted octanol–water partition coefficient (Wildman–Crippen LogP) is 2.37. The number of ether oxygens (including phenoxy) is 2. The van der Waals surface area contributed by atoms with E-state index < -0.39 is 0 Å². The molecule has 1 aromatic heterocycles. The van der Waals surface area contributed by atoms with Crippen molar-refractivity contribution in [3.05, 3.63) is 30.6 Å². The zero-order valence-electron chi connectivity index (χ0n) is 10.1. The summed E-state index contributed by atoms with van der Waals surface area (Å²) in [6.07, 6.45) is 5.93. The van der Waals surface area contributed by atoms with Gasteiger partial charge < -0.3 is 15.2 Å². The summed E-state index contributed by atoms with van der Waals surface area (Å²) in [6.45, 7) is 1.41. The highest BCUT2D eigenvalue weighted by molar-refractivity contribution is 5.95. The van der Waals surface area contributed by atoms with Crippen LogP contribution in [-0.4, -0.2) is 24.3 Å². The summed E-state index contributed by atoms with van der Waals surface area (Å²) in [7, 11) is 0. The summed E-state index contributed by atoms with van der Waals surface area (Å²) < 4.78 is 11.3. The monoisotopic (exact) mass is 244 g/mol. The van der Waals surface area contributed by atoms with Gasteiger partial charge in [-0.3, -0.25) is 4.98 Å². The Kier molecular flexibility index (Phi) is 3.02. The second-order valence-electron chi connectivity index (χ2n) is 4.52. The van der Waals surface area contributed by atoms with E-state index in [1.165, 1.54) is 0 Å². The molecule has 1 fully saturated rings. The van der Waals surface area contributed by atoms with E-state index in [1.807, 2.05) is 18.2 Å². The minimum atomic E-state index is 0.206. The number of nitrogens with two attached hydrogens (primary N) is 1. The number of hydrogen-bond acceptors (Lipinski definition) is 4. The minimum Gasteiger partial charge on any atom is -0.489 e. The van der Waals surface area contributed by atoms with E-state index in [1.54, 1.807) is 12.4 Å². The van der Waals surface area contributed by atoms with Crippen LogP contribution >= 0.6 is 0 Å². The predicted molar refractivity (Wildman–Crippen MR) is 70.6 cm³/mol. The first-order valence-electron chi connectivity index (χ1n) is 6.21. The van der Waals surface area contributed by atoms with Crippen molar-refractivity contribution in [1.82, 2.24) is 4.98 Å². The lowest BCUT2D eigenvalue weighted by Crippen LogP contribution is -2.16. The first-order chi connectivity index (χ1) is 8.84. The maximum absolute atomic E-state index is 6.11. The van der Waals surface area contributed by atoms with Crippen LogP contribution in [0.5, 0.6) is 5.75 Å². The van der Waals surface area contributed by atoms with E-state index >= 15 is 0 Å². The number of aromatic nitrogens is 1. The van der Waals surface area contributed by atoms with Crippen LogP contribution in [0.4, 0.5) is 5.69 Å². The SMILES string of the molecule is Nc1c(OCC2CCCO2)ccc2cnccc12. The largest absolute Gasteiger partial charge is 0.489 e. The fourth-order valence-corrected chi connectivity index (χ4v) is 2.26. The van der Waals surface area contributed by atoms with Crippen molar-refractivity contribution in [3.8, 4) is 5.75 Å². The smallest absolute Gasteiger partial charge is 0.142 e. The van der Waals surface area contributed by atoms with E-state index in [9.17, 15) is 0 Å². The molecule has 94 valence electrons. The Morgan fingerprint density at radius 2 is 2.33 bits per heavy atom. The lowest BCUT2D eigenvalue weighted by atomic mass is 10.1. The molecule has 1 aromatic carbocycles. The molecule has 2 heterocycles. The second-order valence-corrected chi connectivity index (χ2v) is 4.52. The number of hydrogen-bond donors (Lipinski definition) is 1. The van der Waals surface area contributed by atoms with E-state index in [4.69, 9.17) is 15.2 Å². The number of pyridine rings is 1. The molecule has 1 saturated heterocycles. The van der Waals surface area contributed by atoms with E-state index in [0.29, 0.717) is 12.3 Å². The van der Waals surface area contributed by atoms with Gasteiger partial charge >= 0.3 is 0 Å². The van der Waals surface area contributed by atoms with E-state index in [2.05, 4.69) is 4.98 Å². The Hall–Kier alpha value is -1.81. The lowest BCUT2D eigenvalue weighted by Gasteiger charge is -2.14. The van der Waals surface area contributed by atoms with Gasteiger partial charge in [-0.2, -0.15) is 0 Å². The van der Waals surface area contributed by atoms with Crippen LogP contribution in [0.3, 0.4) is 0 Å². The number of nitrogen functional groups attached to an aromatic ring is 1. The molecule has 1 aliphatic heterocycles. The summed E-state index contributed by atoms with van der Waals surface area (Å²) in [5.74, 6) is 0.726. The summed E-state index contributed by atoms with van der Waals surface area (Å²) >= 11 is 0. The van der Waals surface area contributed by atoms with E-state index in [0.717, 1.165) is 36.0 Å². The third kappa shape index (κ3) is 2.11. The number of benzene rings is 1. The molecule has 0 aliphatic carbocycles. The molecule has 3 rings (SSSR count). The van der Waals surface area contributed by atoms with Crippen molar-refractivity contribution in [2.45, 2.75) is 18.9 Å². The molecule has 4 nitrogen and oxygen atoms in total. The molecule has 0 saturated carbocycles. The maximum Gasteiger partial charge on any atom is 0.142 e. The first-order valence-corrected chi connectivity index (χ1v) is 6.21. The Bertz CT molecular complexity index is 550. The highest BCUT2D eigenvalue weighted by Gasteiger charge is 2.16. The molecule has 4 heteroatoms. The molecule has 0 spiro atoms. The van der Waals surface area contributed by atoms with Gasteiger partial charge in [-0.1, -0.05) is 0 Å². The summed E-state index contributed by atoms with van der Waals surface area (Å²) in [4.78, 5) is 4.08. The fourth-order valence-electron chi connectivity index (χ4n) is 2.26. The van der Waals surface area contributed by atoms with Crippen molar-refractivity contribution in [1.29, 1.82) is 0 Å². The topological polar surface area (TPSA) is 57.4 Å². The summed E-state index contributed by atoms with van der Waals surface area (Å²) in [5.41, 5.74) is 6.78. The Labute approximate surface area is 106 Å². The van der Waals surface area contributed by atoms with Crippen molar-refractivity contribution in [2.24, 2.45) is 0 Å². The average molecular weight is 244 g/mol. The zero-order valence-corrected chi connectivity index (χ0v) is 10.1. The number of nitrogens with zero attached hydrogens (tertiary/aromatic N) is 1. The van der Waals surface area contributed by atoms with Crippen LogP contribution < -0.4 is 10.5 Å². The van der Waals surface area contributed by atoms with Gasteiger partial charge in [-0.25, -0.2) is 0 Å². The van der Waals surface area contributed by atoms with Gasteiger partial charge in [-0.05, 0) is 31.0 Å². The van der Waals surface area contributed by atoms with Gasteiger partial charge in [0.15, 0.2) is 0 Å². The molecule has 0 radical (unpaired) electrons. The summed E-state index contributed by atoms with van der Waals surface area (Å²) in [6, 6.07) is 5.78. The molecule has 2 N–H and O–H groups in total. The van der Waals surface area contributed by atoms with Crippen LogP contribution in [0.15, 0.2) is 30.6 Å². The molecule has 0 bridgehead atoms. The van der Waals surface area contributed by atoms with Crippen molar-refractivity contribution >= 4 is 16.5 Å². The molecule has 2 aromatic rings. The summed E-state index contributed by atoms with van der Waals surface area (Å²) in [5, 5.41) is 2.01. The van der Waals surface area contributed by atoms with E-state index in [-0.39, 0.29) is 6.10 Å². The molecule has 0 amide bonds. The fraction of sp³-hybridized carbons (Fsp3) is 0.357. The van der Waals surface area contributed by atoms with Gasteiger partial charge in [0.1, 0.15) is 12.4 Å². The van der Waals surface area contributed by atoms with Crippen LogP contribution in [0, 0.1) is 0 Å². The number of anilines is 1. The molecular formula is C14H16N2O2. The minimum absolute atomic E-state index is 0.206. The third-order valence-electron chi connectivity index (χ3n) is 3.27. The highest BCUT2D eigenvalue weighted by Crippen LogP contribution is 2.30. The van der Waals surface area contributed by atoms with Crippen LogP contribution in [0.1, 0.15) is 12.8 Å². The van der Waals surface area contributed by atoms with Crippen LogP contribution in [0.25, 0.3) is 10.8 Å². The molecular weight excluding hydrogens is 228 g/mol. The van der Waals surface area contributed by atoms with Gasteiger partial charge in [0, 0.05) is 29.8 Å². The average Bonchev–Trinajstić information content (AvgIpc) is 2.91. The Morgan fingerprint density at radius 1 is 1.39 bits per heavy atom. The maximum atomic E-state index is 6.11. The standard InChI is InChI=1S/C14H16N2O2/c15-14-12-5-6-16-8-10(12)3-4-13(14)18-9-11-2-1-7-17-11/h3-6,8,11H,1-2,7,9,15H2. The number of fused-ring (bicyclic) bond motifs is 1. The van der Waals surface area contributed by atoms with Crippen LogP contribution in [0.2, 0.25) is 0 Å². The van der Waals surface area contributed by atoms with Gasteiger partial charge in [0.2, 0.25) is 0 Å². The van der Waals surface area contributed by atoms with Gasteiger partial charge in [0.25, 0.3) is 0 Å². The lowest BCUT2D eigenvalue weighted by molar-refractivity contribution is 0.0682. The quantitative estimate of drug-likeness (QED) is 0.842. The van der Waals surface area contributed by atoms with Crippen molar-refractivity contribution in [3.63, 3.8) is 0 Å². The molecule has 1 atom stereocenters. The Morgan fingerprint density at radius 3 is 3.17 bits per heavy atom. The normalized spacial score (nSPS) is 19.2. The van der Waals surface area contributed by atoms with Crippen LogP contribution in [-0.2, 0) is 4.74 Å². The van der Waals surface area contributed by atoms with Crippen molar-refractivity contribution < 1.29 is 9.47 Å². The first kappa shape index (κ1) is 11.3. The van der Waals surface area contributed by atoms with Gasteiger partial charge in [0.05, 0.1) is 11.8 Å². The number of rotatable bonds is 3. The van der Waals surface area contributed by atoms with Gasteiger partial charge in [-0.15, -0.1) is 0 Å². The zero-order chi connectivity index (χ0) is 12.4. The second kappa shape index (κ2) is 4.82. The highest BCUT2D eigenvalue weighted by atomic mass is 16.5. The molecule has 1 aliphatic rings. The Balaban J connectivity index is 1.81. The van der Waals surface area contributed by atoms with Crippen molar-refractivity contribution in [2.75, 3.05) is 18.9 Å². The molecule has 18 heavy (non-hydrogen) atoms.